The van der Waals surface area contributed by atoms with E-state index in [4.69, 9.17) is 16.6 Å². The molecule has 1 amide bonds. The maximum Gasteiger partial charge on any atom is 0.263 e. The Morgan fingerprint density at radius 3 is 2.92 bits per heavy atom. The number of rotatable bonds is 1. The quantitative estimate of drug-likeness (QED) is 0.384. The van der Waals surface area contributed by atoms with Gasteiger partial charge in [0.2, 0.25) is 0 Å². The molecule has 4 rings (SSSR count). The lowest BCUT2D eigenvalue weighted by atomic mass is 10.2. The van der Waals surface area contributed by atoms with E-state index >= 15 is 0 Å². The fraction of sp³-hybridized carbons (Fsp3) is 0. The van der Waals surface area contributed by atoms with E-state index in [1.165, 1.54) is 11.8 Å². The first-order valence-corrected chi connectivity index (χ1v) is 8.74. The Hall–Kier alpha value is -3.08. The first-order valence-electron chi connectivity index (χ1n) is 7.52. The number of phenolic OH excluding ortho intramolecular Hbond substituents is 1. The lowest BCUT2D eigenvalue weighted by molar-refractivity contribution is -0.115. The molecule has 5 nitrogen and oxygen atoms in total. The fourth-order valence-electron chi connectivity index (χ4n) is 2.42. The van der Waals surface area contributed by atoms with E-state index in [1.54, 1.807) is 48.8 Å². The molecule has 7 heteroatoms. The Morgan fingerprint density at radius 2 is 2.15 bits per heavy atom. The van der Waals surface area contributed by atoms with E-state index in [2.05, 4.69) is 22.1 Å². The predicted molar refractivity (Wildman–Crippen MR) is 104 cm³/mol. The third-order valence-electron chi connectivity index (χ3n) is 3.54. The first-order chi connectivity index (χ1) is 12.6. The van der Waals surface area contributed by atoms with E-state index in [9.17, 15) is 9.90 Å². The van der Waals surface area contributed by atoms with Crippen LogP contribution in [0.3, 0.4) is 0 Å². The Morgan fingerprint density at radius 1 is 1.27 bits per heavy atom. The number of thiocarbonyl (C=S) groups is 1. The van der Waals surface area contributed by atoms with Crippen LogP contribution in [0.25, 0.3) is 17.0 Å². The molecule has 0 atom stereocenters. The van der Waals surface area contributed by atoms with Gasteiger partial charge in [-0.25, -0.2) is 0 Å². The molecule has 1 aliphatic heterocycles. The van der Waals surface area contributed by atoms with Crippen molar-refractivity contribution in [2.75, 3.05) is 0 Å². The van der Waals surface area contributed by atoms with Crippen molar-refractivity contribution >= 4 is 51.3 Å². The molecule has 2 N–H and O–H groups in total. The van der Waals surface area contributed by atoms with E-state index in [0.29, 0.717) is 31.7 Å². The van der Waals surface area contributed by atoms with Gasteiger partial charge in [-0.15, -0.1) is 0 Å². The summed E-state index contributed by atoms with van der Waals surface area (Å²) in [4.78, 5) is 16.4. The lowest BCUT2D eigenvalue weighted by Gasteiger charge is -1.93. The van der Waals surface area contributed by atoms with Gasteiger partial charge in [-0.1, -0.05) is 41.9 Å². The average molecular weight is 378 g/mol. The number of fused-ring (bicyclic) bond motifs is 1. The van der Waals surface area contributed by atoms with Gasteiger partial charge < -0.3 is 14.8 Å². The molecular formula is C19H10N2O3S2. The number of thioether (sulfide) groups is 1. The highest BCUT2D eigenvalue weighted by Crippen LogP contribution is 2.29. The molecule has 1 aromatic carbocycles. The highest BCUT2D eigenvalue weighted by Gasteiger charge is 2.22. The summed E-state index contributed by atoms with van der Waals surface area (Å²) in [5.41, 5.74) is 1.89. The molecule has 0 saturated carbocycles. The zero-order valence-electron chi connectivity index (χ0n) is 13.1. The molecule has 3 aromatic rings. The van der Waals surface area contributed by atoms with Gasteiger partial charge in [0.15, 0.2) is 5.58 Å². The lowest BCUT2D eigenvalue weighted by Crippen LogP contribution is -2.17. The van der Waals surface area contributed by atoms with Gasteiger partial charge in [0, 0.05) is 29.4 Å². The summed E-state index contributed by atoms with van der Waals surface area (Å²) >= 11 is 6.17. The highest BCUT2D eigenvalue weighted by atomic mass is 32.2. The summed E-state index contributed by atoms with van der Waals surface area (Å²) in [5, 5.41) is 12.9. The van der Waals surface area contributed by atoms with E-state index in [1.807, 2.05) is 0 Å². The van der Waals surface area contributed by atoms with Gasteiger partial charge in [-0.05, 0) is 24.3 Å². The van der Waals surface area contributed by atoms with E-state index < -0.39 is 0 Å². The summed E-state index contributed by atoms with van der Waals surface area (Å²) in [6, 6.07) is 8.49. The number of benzene rings is 1. The maximum absolute atomic E-state index is 11.8. The van der Waals surface area contributed by atoms with Crippen molar-refractivity contribution < 1.29 is 14.3 Å². The number of nitrogens with zero attached hydrogens (tertiary/aromatic N) is 1. The van der Waals surface area contributed by atoms with Crippen LogP contribution in [0.5, 0.6) is 5.75 Å². The van der Waals surface area contributed by atoms with Crippen LogP contribution < -0.4 is 5.32 Å². The minimum absolute atomic E-state index is 0.158. The molecule has 0 unspecified atom stereocenters. The molecule has 26 heavy (non-hydrogen) atoms. The number of carbonyl (C=O) groups excluding carboxylic acids is 1. The molecule has 2 aromatic heterocycles. The normalized spacial score (nSPS) is 15.2. The van der Waals surface area contributed by atoms with Crippen molar-refractivity contribution in [1.82, 2.24) is 10.3 Å². The van der Waals surface area contributed by atoms with Crippen molar-refractivity contribution in [3.8, 4) is 17.6 Å². The van der Waals surface area contributed by atoms with Crippen LogP contribution >= 0.6 is 24.0 Å². The zero-order chi connectivity index (χ0) is 18.1. The van der Waals surface area contributed by atoms with Crippen molar-refractivity contribution in [2.45, 2.75) is 0 Å². The SMILES string of the molecule is O=C1NC(=S)SC1=Cc1cc2cncc(C#Cc3cccc(O)c3)c2o1. The Kier molecular flexibility index (Phi) is 4.21. The van der Waals surface area contributed by atoms with Crippen LogP contribution in [-0.2, 0) is 4.79 Å². The van der Waals surface area contributed by atoms with E-state index in [0.717, 1.165) is 5.39 Å². The molecular weight excluding hydrogens is 368 g/mol. The molecule has 0 spiro atoms. The smallest absolute Gasteiger partial charge is 0.263 e. The van der Waals surface area contributed by atoms with Crippen LogP contribution in [0.2, 0.25) is 0 Å². The second kappa shape index (κ2) is 6.67. The van der Waals surface area contributed by atoms with Gasteiger partial charge >= 0.3 is 0 Å². The first kappa shape index (κ1) is 16.4. The predicted octanol–water partition coefficient (Wildman–Crippen LogP) is 3.42. The van der Waals surface area contributed by atoms with Gasteiger partial charge in [0.05, 0.1) is 10.5 Å². The second-order valence-electron chi connectivity index (χ2n) is 5.41. The fourth-order valence-corrected chi connectivity index (χ4v) is 3.44. The maximum atomic E-state index is 11.8. The summed E-state index contributed by atoms with van der Waals surface area (Å²) in [6.45, 7) is 0. The Balaban J connectivity index is 1.72. The van der Waals surface area contributed by atoms with Gasteiger partial charge in [0.1, 0.15) is 15.8 Å². The largest absolute Gasteiger partial charge is 0.508 e. The van der Waals surface area contributed by atoms with Crippen molar-refractivity contribution in [3.05, 3.63) is 64.5 Å². The molecule has 126 valence electrons. The number of nitrogens with one attached hydrogen (secondary N) is 1. The Bertz CT molecular complexity index is 1150. The number of pyridine rings is 1. The number of hydrogen-bond donors (Lipinski definition) is 2. The minimum Gasteiger partial charge on any atom is -0.508 e. The van der Waals surface area contributed by atoms with E-state index in [-0.39, 0.29) is 11.7 Å². The van der Waals surface area contributed by atoms with Crippen LogP contribution in [0.15, 0.2) is 52.0 Å². The third-order valence-corrected chi connectivity index (χ3v) is 4.71. The summed E-state index contributed by atoms with van der Waals surface area (Å²) in [5.74, 6) is 6.44. The van der Waals surface area contributed by atoms with Crippen molar-refractivity contribution in [2.24, 2.45) is 0 Å². The van der Waals surface area contributed by atoms with Gasteiger partial charge in [-0.2, -0.15) is 0 Å². The number of aromatic nitrogens is 1. The monoisotopic (exact) mass is 378 g/mol. The van der Waals surface area contributed by atoms with Crippen molar-refractivity contribution in [3.63, 3.8) is 0 Å². The molecule has 0 aliphatic carbocycles. The molecule has 3 heterocycles. The molecule has 1 aliphatic rings. The van der Waals surface area contributed by atoms with Crippen LogP contribution in [0, 0.1) is 11.8 Å². The number of phenols is 1. The van der Waals surface area contributed by atoms with Crippen LogP contribution in [0.4, 0.5) is 0 Å². The highest BCUT2D eigenvalue weighted by molar-refractivity contribution is 8.26. The van der Waals surface area contributed by atoms with Crippen LogP contribution in [0.1, 0.15) is 16.9 Å². The average Bonchev–Trinajstić information content (AvgIpc) is 3.15. The molecule has 0 bridgehead atoms. The second-order valence-corrected chi connectivity index (χ2v) is 7.13. The molecule has 1 saturated heterocycles. The number of furan rings is 1. The number of aromatic hydroxyl groups is 1. The summed E-state index contributed by atoms with van der Waals surface area (Å²) in [7, 11) is 0. The van der Waals surface area contributed by atoms with Crippen LogP contribution in [-0.4, -0.2) is 20.3 Å². The Labute approximate surface area is 158 Å². The molecule has 1 fully saturated rings. The standard InChI is InChI=1S/C19H10N2O3S2/c22-14-3-1-2-11(6-14)4-5-12-9-20-10-13-7-15(24-17(12)13)8-16-18(23)21-19(25)26-16/h1-3,6-10,22H,(H,21,23,25). The molecule has 0 radical (unpaired) electrons. The van der Waals surface area contributed by atoms with Gasteiger partial charge in [0.25, 0.3) is 5.91 Å². The van der Waals surface area contributed by atoms with Crippen molar-refractivity contribution in [1.29, 1.82) is 0 Å². The third kappa shape index (κ3) is 3.33. The topological polar surface area (TPSA) is 75.4 Å². The number of amides is 1. The zero-order valence-corrected chi connectivity index (χ0v) is 14.8. The van der Waals surface area contributed by atoms with Gasteiger partial charge in [-0.3, -0.25) is 9.78 Å². The minimum atomic E-state index is -0.234. The number of hydrogen-bond acceptors (Lipinski definition) is 6. The summed E-state index contributed by atoms with van der Waals surface area (Å²) < 4.78 is 6.28. The number of carbonyl (C=O) groups is 1. The summed E-state index contributed by atoms with van der Waals surface area (Å²) in [6.07, 6.45) is 4.93.